The molecule has 16 heteroatoms. The number of nitrogens with two attached hydrogens (primary N) is 2. The molecule has 0 radical (unpaired) electrons. The van der Waals surface area contributed by atoms with Crippen molar-refractivity contribution in [1.82, 2.24) is 25.7 Å². The number of hydrogen-bond donors (Lipinski definition) is 6. The van der Waals surface area contributed by atoms with Gasteiger partial charge in [-0.05, 0) is 19.1 Å². The van der Waals surface area contributed by atoms with Gasteiger partial charge >= 0.3 is 5.97 Å². The minimum Gasteiger partial charge on any atom is -0.477 e. The SMILES string of the molecule is Cc1nc(CSCCN)c(SC2=C(C(=O)O)N3C(=O)[C@@H](NC(=O)C(NO)c4cccc(N)n4)[C@@H]3SC2)s1. The molecule has 1 fully saturated rings. The van der Waals surface area contributed by atoms with Crippen LogP contribution in [-0.4, -0.2) is 72.4 Å². The molecule has 1 unspecified atom stereocenters. The van der Waals surface area contributed by atoms with Gasteiger partial charge in [0.1, 0.15) is 22.9 Å². The number of amides is 2. The lowest BCUT2D eigenvalue weighted by molar-refractivity contribution is -0.151. The molecule has 4 rings (SSSR count). The van der Waals surface area contributed by atoms with Crippen molar-refractivity contribution in [2.75, 3.05) is 23.8 Å². The van der Waals surface area contributed by atoms with Crippen LogP contribution in [0.5, 0.6) is 0 Å². The summed E-state index contributed by atoms with van der Waals surface area (Å²) in [5, 5.41) is 22.4. The number of nitrogens with one attached hydrogen (secondary N) is 2. The third-order valence-corrected chi connectivity index (χ3v) is 10.2. The highest BCUT2D eigenvalue weighted by atomic mass is 32.2. The summed E-state index contributed by atoms with van der Waals surface area (Å²) in [6, 6.07) is 2.41. The summed E-state index contributed by atoms with van der Waals surface area (Å²) in [5.41, 5.74) is 14.1. The molecule has 2 aliphatic rings. The number of carboxylic acids is 1. The Morgan fingerprint density at radius 1 is 1.35 bits per heavy atom. The van der Waals surface area contributed by atoms with Gasteiger partial charge < -0.3 is 27.1 Å². The molecule has 198 valence electrons. The van der Waals surface area contributed by atoms with E-state index < -0.39 is 35.2 Å². The predicted molar refractivity (Wildman–Crippen MR) is 144 cm³/mol. The topological polar surface area (TPSA) is 197 Å². The maximum absolute atomic E-state index is 13.0. The fourth-order valence-corrected chi connectivity index (χ4v) is 8.54. The Labute approximate surface area is 229 Å². The number of nitrogens with zero attached hydrogens (tertiary/aromatic N) is 3. The predicted octanol–water partition coefficient (Wildman–Crippen LogP) is 1.13. The number of aromatic nitrogens is 2. The van der Waals surface area contributed by atoms with Gasteiger partial charge in [-0.15, -0.1) is 23.1 Å². The van der Waals surface area contributed by atoms with Crippen molar-refractivity contribution < 1.29 is 24.7 Å². The standard InChI is InChI=1S/C21H25N7O5S4/c1-9-24-11(7-34-6-5-22)21(36-9)37-12-8-35-19-15(18(30)28(19)16(12)20(31)32)26-17(29)14(27-33)10-3-2-4-13(23)25-10/h2-4,14-15,19,27,33H,5-8,22H2,1H3,(H2,23,25)(H,26,29)(H,31,32)/t14?,15-,19+/m1/s1. The number of thiazole rings is 1. The molecule has 37 heavy (non-hydrogen) atoms. The highest BCUT2D eigenvalue weighted by Crippen LogP contribution is 2.47. The summed E-state index contributed by atoms with van der Waals surface area (Å²) in [4.78, 5) is 48.5. The van der Waals surface area contributed by atoms with Crippen LogP contribution in [0.2, 0.25) is 0 Å². The zero-order valence-corrected chi connectivity index (χ0v) is 22.8. The Morgan fingerprint density at radius 2 is 2.14 bits per heavy atom. The van der Waals surface area contributed by atoms with Crippen molar-refractivity contribution in [2.24, 2.45) is 5.73 Å². The number of β-lactam (4-membered cyclic amide) rings is 1. The summed E-state index contributed by atoms with van der Waals surface area (Å²) in [6.07, 6.45) is 0. The van der Waals surface area contributed by atoms with Crippen LogP contribution < -0.4 is 22.3 Å². The molecule has 1 saturated heterocycles. The molecule has 2 amide bonds. The Balaban J connectivity index is 1.50. The molecular weight excluding hydrogens is 559 g/mol. The first kappa shape index (κ1) is 27.7. The highest BCUT2D eigenvalue weighted by Gasteiger charge is 2.54. The van der Waals surface area contributed by atoms with E-state index >= 15 is 0 Å². The van der Waals surface area contributed by atoms with Gasteiger partial charge in [0.25, 0.3) is 5.91 Å². The number of anilines is 1. The second kappa shape index (κ2) is 12.0. The molecule has 2 aromatic heterocycles. The molecular formula is C21H25N7O5S4. The lowest BCUT2D eigenvalue weighted by atomic mass is 10.0. The van der Waals surface area contributed by atoms with E-state index in [-0.39, 0.29) is 17.2 Å². The number of aryl methyl sites for hydroxylation is 1. The van der Waals surface area contributed by atoms with Crippen LogP contribution in [0, 0.1) is 6.92 Å². The summed E-state index contributed by atoms with van der Waals surface area (Å²) < 4.78 is 0.888. The van der Waals surface area contributed by atoms with E-state index in [9.17, 15) is 24.7 Å². The molecule has 0 spiro atoms. The lowest BCUT2D eigenvalue weighted by Gasteiger charge is -2.49. The Hall–Kier alpha value is -2.34. The molecule has 12 nitrogen and oxygen atoms in total. The number of pyridine rings is 1. The number of thioether (sulfide) groups is 3. The van der Waals surface area contributed by atoms with Gasteiger partial charge in [0.15, 0.2) is 6.04 Å². The van der Waals surface area contributed by atoms with Crippen molar-refractivity contribution in [3.8, 4) is 0 Å². The number of nitrogen functional groups attached to an aromatic ring is 1. The first-order valence-corrected chi connectivity index (χ1v) is 14.8. The van der Waals surface area contributed by atoms with Crippen LogP contribution in [0.4, 0.5) is 5.82 Å². The van der Waals surface area contributed by atoms with Gasteiger partial charge in [0.05, 0.1) is 20.6 Å². The fraction of sp³-hybridized carbons (Fsp3) is 0.381. The third kappa shape index (κ3) is 5.89. The van der Waals surface area contributed by atoms with Crippen molar-refractivity contribution in [2.45, 2.75) is 34.3 Å². The zero-order chi connectivity index (χ0) is 26.7. The smallest absolute Gasteiger partial charge is 0.353 e. The van der Waals surface area contributed by atoms with Crippen LogP contribution in [0.3, 0.4) is 0 Å². The molecule has 2 aliphatic heterocycles. The van der Waals surface area contributed by atoms with Crippen molar-refractivity contribution in [3.63, 3.8) is 0 Å². The molecule has 4 heterocycles. The number of rotatable bonds is 11. The van der Waals surface area contributed by atoms with E-state index in [1.165, 1.54) is 51.9 Å². The Morgan fingerprint density at radius 3 is 2.81 bits per heavy atom. The lowest BCUT2D eigenvalue weighted by Crippen LogP contribution is -2.71. The summed E-state index contributed by atoms with van der Waals surface area (Å²) in [5.74, 6) is -0.497. The van der Waals surface area contributed by atoms with E-state index in [1.807, 2.05) is 12.4 Å². The molecule has 0 saturated carbocycles. The molecule has 2 aromatic rings. The number of carbonyl (C=O) groups excluding carboxylic acids is 2. The maximum atomic E-state index is 13.0. The van der Waals surface area contributed by atoms with E-state index in [0.717, 1.165) is 20.7 Å². The second-order valence-electron chi connectivity index (χ2n) is 7.93. The number of hydrogen-bond acceptors (Lipinski definition) is 13. The van der Waals surface area contributed by atoms with Gasteiger partial charge in [0.2, 0.25) is 5.91 Å². The van der Waals surface area contributed by atoms with Crippen LogP contribution in [0.15, 0.2) is 33.0 Å². The quantitative estimate of drug-likeness (QED) is 0.125. The summed E-state index contributed by atoms with van der Waals surface area (Å²) in [7, 11) is 0. The Kier molecular flexibility index (Phi) is 8.99. The van der Waals surface area contributed by atoms with Crippen LogP contribution in [0.25, 0.3) is 0 Å². The largest absolute Gasteiger partial charge is 0.477 e. The number of hydroxylamine groups is 1. The van der Waals surface area contributed by atoms with E-state index in [4.69, 9.17) is 11.5 Å². The number of fused-ring (bicyclic) bond motifs is 1. The first-order chi connectivity index (χ1) is 17.7. The van der Waals surface area contributed by atoms with Gasteiger partial charge in [-0.25, -0.2) is 14.8 Å². The minimum absolute atomic E-state index is 0.0924. The highest BCUT2D eigenvalue weighted by molar-refractivity contribution is 8.07. The van der Waals surface area contributed by atoms with E-state index in [0.29, 0.717) is 23.0 Å². The fourth-order valence-electron chi connectivity index (χ4n) is 3.78. The second-order valence-corrected chi connectivity index (χ2v) is 12.7. The summed E-state index contributed by atoms with van der Waals surface area (Å²) in [6.45, 7) is 2.45. The van der Waals surface area contributed by atoms with Crippen molar-refractivity contribution >= 4 is 70.2 Å². The number of aliphatic carboxylic acids is 1. The van der Waals surface area contributed by atoms with Crippen LogP contribution in [-0.2, 0) is 20.1 Å². The molecule has 3 atom stereocenters. The Bertz CT molecular complexity index is 1240. The zero-order valence-electron chi connectivity index (χ0n) is 19.5. The third-order valence-electron chi connectivity index (χ3n) is 5.40. The average molecular weight is 584 g/mol. The first-order valence-electron chi connectivity index (χ1n) is 11.0. The minimum atomic E-state index is -1.26. The van der Waals surface area contributed by atoms with Crippen LogP contribution in [0.1, 0.15) is 22.4 Å². The van der Waals surface area contributed by atoms with Gasteiger partial charge in [-0.3, -0.25) is 14.5 Å². The monoisotopic (exact) mass is 583 g/mol. The molecule has 0 bridgehead atoms. The van der Waals surface area contributed by atoms with Gasteiger partial charge in [-0.1, -0.05) is 17.8 Å². The average Bonchev–Trinajstić information content (AvgIpc) is 3.21. The summed E-state index contributed by atoms with van der Waals surface area (Å²) >= 11 is 5.81. The van der Waals surface area contributed by atoms with E-state index in [1.54, 1.807) is 17.8 Å². The van der Waals surface area contributed by atoms with Crippen molar-refractivity contribution in [1.29, 1.82) is 0 Å². The van der Waals surface area contributed by atoms with E-state index in [2.05, 4.69) is 15.3 Å². The number of carboxylic acid groups (broad SMARTS) is 1. The van der Waals surface area contributed by atoms with Crippen molar-refractivity contribution in [3.05, 3.63) is 45.2 Å². The van der Waals surface area contributed by atoms with Crippen LogP contribution >= 0.6 is 46.6 Å². The molecule has 0 aromatic carbocycles. The number of carbonyl (C=O) groups is 3. The maximum Gasteiger partial charge on any atom is 0.353 e. The molecule has 0 aliphatic carbocycles. The molecule has 8 N–H and O–H groups in total. The van der Waals surface area contributed by atoms with Gasteiger partial charge in [-0.2, -0.15) is 17.2 Å². The normalized spacial score (nSPS) is 19.9. The van der Waals surface area contributed by atoms with Gasteiger partial charge in [0, 0.05) is 28.7 Å².